The normalized spacial score (nSPS) is 16.6. The lowest BCUT2D eigenvalue weighted by Gasteiger charge is -2.21. The van der Waals surface area contributed by atoms with Gasteiger partial charge in [-0.15, -0.1) is 24.0 Å². The maximum atomic E-state index is 11.4. The van der Waals surface area contributed by atoms with Gasteiger partial charge in [0.25, 0.3) is 0 Å². The van der Waals surface area contributed by atoms with E-state index in [0.29, 0.717) is 19.1 Å². The largest absolute Gasteiger partial charge is 0.376 e. The molecule has 1 fully saturated rings. The Labute approximate surface area is 209 Å². The second kappa shape index (κ2) is 13.2. The minimum atomic E-state index is -3.02. The molecule has 1 aliphatic heterocycles. The van der Waals surface area contributed by atoms with Gasteiger partial charge in [0.1, 0.15) is 0 Å². The van der Waals surface area contributed by atoms with Crippen molar-refractivity contribution in [3.8, 4) is 0 Å². The van der Waals surface area contributed by atoms with Gasteiger partial charge >= 0.3 is 0 Å². The van der Waals surface area contributed by atoms with Gasteiger partial charge in [0, 0.05) is 31.8 Å². The smallest absolute Gasteiger partial charge is 0.194 e. The van der Waals surface area contributed by atoms with E-state index in [9.17, 15) is 8.42 Å². The van der Waals surface area contributed by atoms with Crippen molar-refractivity contribution in [3.63, 3.8) is 0 Å². The summed E-state index contributed by atoms with van der Waals surface area (Å²) < 4.78 is 28.8. The molecule has 1 atom stereocenters. The number of ether oxygens (including phenoxy) is 1. The predicted molar refractivity (Wildman–Crippen MR) is 141 cm³/mol. The van der Waals surface area contributed by atoms with Crippen LogP contribution in [0.25, 0.3) is 0 Å². The summed E-state index contributed by atoms with van der Waals surface area (Å²) >= 11 is 0. The van der Waals surface area contributed by atoms with Crippen molar-refractivity contribution in [2.75, 3.05) is 32.5 Å². The molecule has 1 unspecified atom stereocenters. The SMILES string of the molecule is CCNC(=NCc1ccc(CS(C)(=O)=O)cc1)N1CCC(COCc2ccccc2)C1.I. The number of likely N-dealkylation sites (tertiary alicyclic amines) is 1. The summed E-state index contributed by atoms with van der Waals surface area (Å²) in [6, 6.07) is 17.9. The molecule has 0 radical (unpaired) electrons. The Balaban J connectivity index is 0.00000363. The number of benzene rings is 2. The molecule has 2 aromatic carbocycles. The topological polar surface area (TPSA) is 71.0 Å². The lowest BCUT2D eigenvalue weighted by Crippen LogP contribution is -2.40. The molecule has 3 rings (SSSR count). The van der Waals surface area contributed by atoms with Crippen LogP contribution < -0.4 is 5.32 Å². The first kappa shape index (κ1) is 26.6. The van der Waals surface area contributed by atoms with Crippen molar-refractivity contribution < 1.29 is 13.2 Å². The average Bonchev–Trinajstić information content (AvgIpc) is 3.21. The fraction of sp³-hybridized carbons (Fsp3) is 0.458. The Kier molecular flexibility index (Phi) is 10.9. The van der Waals surface area contributed by atoms with Crippen LogP contribution in [0.15, 0.2) is 59.6 Å². The molecule has 0 spiro atoms. The summed E-state index contributed by atoms with van der Waals surface area (Å²) in [5.41, 5.74) is 3.07. The average molecular weight is 572 g/mol. The van der Waals surface area contributed by atoms with Gasteiger partial charge in [0.15, 0.2) is 15.8 Å². The van der Waals surface area contributed by atoms with E-state index in [-0.39, 0.29) is 29.7 Å². The Morgan fingerprint density at radius 1 is 1.09 bits per heavy atom. The van der Waals surface area contributed by atoms with E-state index in [1.807, 2.05) is 42.5 Å². The zero-order valence-corrected chi connectivity index (χ0v) is 22.0. The van der Waals surface area contributed by atoms with E-state index in [0.717, 1.165) is 49.7 Å². The molecular formula is C24H34IN3O3S. The Bertz CT molecular complexity index is 950. The van der Waals surface area contributed by atoms with Crippen LogP contribution in [0.1, 0.15) is 30.0 Å². The minimum Gasteiger partial charge on any atom is -0.376 e. The zero-order valence-electron chi connectivity index (χ0n) is 18.9. The molecule has 176 valence electrons. The number of hydrogen-bond acceptors (Lipinski definition) is 4. The molecule has 1 N–H and O–H groups in total. The molecule has 1 heterocycles. The van der Waals surface area contributed by atoms with Crippen LogP contribution in [0.3, 0.4) is 0 Å². The molecule has 0 aliphatic carbocycles. The first-order chi connectivity index (χ1) is 14.9. The van der Waals surface area contributed by atoms with Gasteiger partial charge in [-0.1, -0.05) is 54.6 Å². The summed E-state index contributed by atoms with van der Waals surface area (Å²) in [6.45, 7) is 6.77. The van der Waals surface area contributed by atoms with Gasteiger partial charge in [0.2, 0.25) is 0 Å². The molecule has 0 amide bonds. The van der Waals surface area contributed by atoms with Crippen LogP contribution in [-0.2, 0) is 33.5 Å². The van der Waals surface area contributed by atoms with Crippen molar-refractivity contribution in [1.82, 2.24) is 10.2 Å². The van der Waals surface area contributed by atoms with Crippen molar-refractivity contribution in [2.24, 2.45) is 10.9 Å². The van der Waals surface area contributed by atoms with Crippen LogP contribution in [0.4, 0.5) is 0 Å². The molecular weight excluding hydrogens is 537 g/mol. The summed E-state index contributed by atoms with van der Waals surface area (Å²) in [7, 11) is -3.02. The van der Waals surface area contributed by atoms with E-state index < -0.39 is 9.84 Å². The first-order valence-corrected chi connectivity index (χ1v) is 12.9. The van der Waals surface area contributed by atoms with Crippen LogP contribution in [-0.4, -0.2) is 51.8 Å². The molecule has 0 aromatic heterocycles. The van der Waals surface area contributed by atoms with Crippen LogP contribution in [0, 0.1) is 5.92 Å². The van der Waals surface area contributed by atoms with E-state index in [1.165, 1.54) is 11.8 Å². The second-order valence-electron chi connectivity index (χ2n) is 8.16. The lowest BCUT2D eigenvalue weighted by molar-refractivity contribution is 0.0906. The predicted octanol–water partition coefficient (Wildman–Crippen LogP) is 3.85. The molecule has 8 heteroatoms. The summed E-state index contributed by atoms with van der Waals surface area (Å²) in [5, 5.41) is 3.40. The van der Waals surface area contributed by atoms with Crippen molar-refractivity contribution in [1.29, 1.82) is 0 Å². The van der Waals surface area contributed by atoms with Gasteiger partial charge in [-0.05, 0) is 30.0 Å². The quantitative estimate of drug-likeness (QED) is 0.281. The summed E-state index contributed by atoms with van der Waals surface area (Å²) in [6.07, 6.45) is 2.35. The van der Waals surface area contributed by atoms with Crippen LogP contribution >= 0.6 is 24.0 Å². The van der Waals surface area contributed by atoms with Crippen molar-refractivity contribution in [3.05, 3.63) is 71.3 Å². The van der Waals surface area contributed by atoms with E-state index in [2.05, 4.69) is 29.3 Å². The number of halogens is 1. The highest BCUT2D eigenvalue weighted by Crippen LogP contribution is 2.18. The van der Waals surface area contributed by atoms with E-state index in [4.69, 9.17) is 9.73 Å². The number of sulfone groups is 1. The monoisotopic (exact) mass is 571 g/mol. The molecule has 1 saturated heterocycles. The molecule has 2 aromatic rings. The molecule has 0 saturated carbocycles. The third kappa shape index (κ3) is 9.07. The highest BCUT2D eigenvalue weighted by atomic mass is 127. The number of hydrogen-bond donors (Lipinski definition) is 1. The highest BCUT2D eigenvalue weighted by Gasteiger charge is 2.25. The Morgan fingerprint density at radius 3 is 2.44 bits per heavy atom. The highest BCUT2D eigenvalue weighted by molar-refractivity contribution is 14.0. The Morgan fingerprint density at radius 2 is 1.78 bits per heavy atom. The first-order valence-electron chi connectivity index (χ1n) is 10.8. The minimum absolute atomic E-state index is 0. The van der Waals surface area contributed by atoms with Crippen LogP contribution in [0.2, 0.25) is 0 Å². The molecule has 32 heavy (non-hydrogen) atoms. The van der Waals surface area contributed by atoms with Gasteiger partial charge in [-0.25, -0.2) is 13.4 Å². The Hall–Kier alpha value is -1.65. The van der Waals surface area contributed by atoms with E-state index >= 15 is 0 Å². The zero-order chi connectivity index (χ0) is 22.1. The number of rotatable bonds is 9. The third-order valence-corrected chi connectivity index (χ3v) is 6.11. The maximum Gasteiger partial charge on any atom is 0.194 e. The van der Waals surface area contributed by atoms with Gasteiger partial charge in [-0.2, -0.15) is 0 Å². The standard InChI is InChI=1S/C24H33N3O3S.HI/c1-3-25-24(26-15-20-9-11-22(12-10-20)19-31(2,28)29)27-14-13-23(16-27)18-30-17-21-7-5-4-6-8-21;/h4-12,23H,3,13-19H2,1-2H3,(H,25,26);1H. The van der Waals surface area contributed by atoms with Crippen LogP contribution in [0.5, 0.6) is 0 Å². The summed E-state index contributed by atoms with van der Waals surface area (Å²) in [5.74, 6) is 1.50. The second-order valence-corrected chi connectivity index (χ2v) is 10.3. The molecule has 0 bridgehead atoms. The van der Waals surface area contributed by atoms with E-state index in [1.54, 1.807) is 0 Å². The fourth-order valence-electron chi connectivity index (χ4n) is 3.71. The van der Waals surface area contributed by atoms with Gasteiger partial charge in [-0.3, -0.25) is 0 Å². The fourth-order valence-corrected chi connectivity index (χ4v) is 4.51. The molecule has 6 nitrogen and oxygen atoms in total. The summed E-state index contributed by atoms with van der Waals surface area (Å²) in [4.78, 5) is 7.11. The van der Waals surface area contributed by atoms with Crippen molar-refractivity contribution in [2.45, 2.75) is 32.2 Å². The number of nitrogens with zero attached hydrogens (tertiary/aromatic N) is 2. The number of guanidine groups is 1. The number of aliphatic imine (C=N–C) groups is 1. The maximum absolute atomic E-state index is 11.4. The molecule has 1 aliphatic rings. The van der Waals surface area contributed by atoms with Gasteiger partial charge < -0.3 is 15.0 Å². The van der Waals surface area contributed by atoms with Gasteiger partial charge in [0.05, 0.1) is 25.5 Å². The lowest BCUT2D eigenvalue weighted by atomic mass is 10.1. The third-order valence-electron chi connectivity index (χ3n) is 5.25. The number of nitrogens with one attached hydrogen (secondary N) is 1. The van der Waals surface area contributed by atoms with Crippen molar-refractivity contribution >= 4 is 39.8 Å².